The van der Waals surface area contributed by atoms with Gasteiger partial charge in [-0.05, 0) is 19.8 Å². The van der Waals surface area contributed by atoms with E-state index >= 15 is 0 Å². The molecule has 0 aromatic heterocycles. The number of hydrogen-bond donors (Lipinski definition) is 4. The molecule has 9 heteroatoms. The molecule has 0 aromatic rings. The molecule has 0 radical (unpaired) electrons. The molecule has 17 heavy (non-hydrogen) atoms. The van der Waals surface area contributed by atoms with Gasteiger partial charge in [0.2, 0.25) is 0 Å². The minimum atomic E-state index is -1.08. The van der Waals surface area contributed by atoms with Crippen LogP contribution < -0.4 is 51.9 Å². The Hall–Kier alpha value is -0.830. The molecule has 0 saturated heterocycles. The van der Waals surface area contributed by atoms with Gasteiger partial charge >= 0.3 is 35.5 Å². The van der Waals surface area contributed by atoms with Gasteiger partial charge in [-0.3, -0.25) is 9.79 Å². The van der Waals surface area contributed by atoms with Gasteiger partial charge in [0.05, 0.1) is 0 Å². The summed E-state index contributed by atoms with van der Waals surface area (Å²) in [5, 5.41) is 17.3. The molecule has 94 valence electrons. The van der Waals surface area contributed by atoms with Crippen LogP contribution in [0, 0.1) is 0 Å². The molecular formula is C8H17N4NaO4. The zero-order valence-electron chi connectivity index (χ0n) is 10.0. The van der Waals surface area contributed by atoms with Crippen LogP contribution in [0.15, 0.2) is 4.99 Å². The molecule has 0 aliphatic heterocycles. The molecule has 0 spiro atoms. The van der Waals surface area contributed by atoms with E-state index in [1.54, 1.807) is 0 Å². The number of hydrogen-bond acceptors (Lipinski definition) is 5. The van der Waals surface area contributed by atoms with E-state index in [1.165, 1.54) is 0 Å². The number of nitrogens with two attached hydrogens (primary N) is 3. The number of carboxylic acid groups (broad SMARTS) is 2. The standard InChI is InChI=1S/C6H14N4O2.C2H4O2.Na/c7-4(5(11)12)2-1-3-10-6(8)9;1-2(3)4;/h4H,1-3,7H2,(H,11,12)(H4,8,9,10);1H3,(H,3,4);/q;;+1/p-1/t4-;;/m0../s1. The van der Waals surface area contributed by atoms with E-state index in [4.69, 9.17) is 32.2 Å². The summed E-state index contributed by atoms with van der Waals surface area (Å²) in [5.74, 6) is -2.07. The molecule has 0 rings (SSSR count). The van der Waals surface area contributed by atoms with Gasteiger partial charge in [0.1, 0.15) is 6.04 Å². The molecule has 8 nitrogen and oxygen atoms in total. The maximum absolute atomic E-state index is 10.2. The molecule has 0 bridgehead atoms. The van der Waals surface area contributed by atoms with Crippen molar-refractivity contribution < 1.29 is 49.4 Å². The van der Waals surface area contributed by atoms with Gasteiger partial charge in [-0.2, -0.15) is 0 Å². The summed E-state index contributed by atoms with van der Waals surface area (Å²) in [5.41, 5.74) is 15.3. The molecule has 1 atom stereocenters. The molecule has 0 aromatic carbocycles. The first-order valence-corrected chi connectivity index (χ1v) is 4.48. The predicted molar refractivity (Wildman–Crippen MR) is 56.2 cm³/mol. The Balaban J connectivity index is -0.000000340. The first-order chi connectivity index (χ1) is 7.27. The quantitative estimate of drug-likeness (QED) is 0.164. The minimum absolute atomic E-state index is 0. The number of carbonyl (C=O) groups is 2. The molecular weight excluding hydrogens is 239 g/mol. The Morgan fingerprint density at radius 3 is 2.12 bits per heavy atom. The van der Waals surface area contributed by atoms with Crippen LogP contribution >= 0.6 is 0 Å². The Morgan fingerprint density at radius 1 is 1.41 bits per heavy atom. The third kappa shape index (κ3) is 25.4. The van der Waals surface area contributed by atoms with E-state index < -0.39 is 18.0 Å². The normalized spacial score (nSPS) is 10.0. The van der Waals surface area contributed by atoms with E-state index in [0.717, 1.165) is 6.92 Å². The second-order valence-corrected chi connectivity index (χ2v) is 2.89. The molecule has 7 N–H and O–H groups in total. The van der Waals surface area contributed by atoms with Crippen LogP contribution in [-0.4, -0.2) is 35.6 Å². The van der Waals surface area contributed by atoms with Gasteiger partial charge in [-0.15, -0.1) is 0 Å². The first kappa shape index (κ1) is 21.5. The number of guanidine groups is 1. The smallest absolute Gasteiger partial charge is 0.550 e. The van der Waals surface area contributed by atoms with E-state index in [-0.39, 0.29) is 35.5 Å². The van der Waals surface area contributed by atoms with E-state index in [2.05, 4.69) is 4.99 Å². The Labute approximate surface area is 122 Å². The predicted octanol–water partition coefficient (Wildman–Crippen LogP) is -5.79. The second kappa shape index (κ2) is 13.2. The molecule has 0 aliphatic rings. The molecule has 0 fully saturated rings. The Morgan fingerprint density at radius 2 is 1.82 bits per heavy atom. The van der Waals surface area contributed by atoms with Crippen LogP contribution in [0.3, 0.4) is 0 Å². The molecule has 0 saturated carbocycles. The fourth-order valence-electron chi connectivity index (χ4n) is 0.643. The first-order valence-electron chi connectivity index (χ1n) is 4.48. The Bertz CT molecular complexity index is 252. The summed E-state index contributed by atoms with van der Waals surface area (Å²) < 4.78 is 0. The van der Waals surface area contributed by atoms with Crippen LogP contribution in [0.1, 0.15) is 19.8 Å². The fraction of sp³-hybridized carbons (Fsp3) is 0.625. The van der Waals surface area contributed by atoms with Crippen LogP contribution in [0.25, 0.3) is 0 Å². The number of carbonyl (C=O) groups excluding carboxylic acids is 1. The van der Waals surface area contributed by atoms with Gasteiger partial charge in [-0.25, -0.2) is 0 Å². The van der Waals surface area contributed by atoms with Crippen LogP contribution in [0.2, 0.25) is 0 Å². The zero-order valence-corrected chi connectivity index (χ0v) is 12.0. The zero-order chi connectivity index (χ0) is 13.1. The number of aliphatic imine (C=N–C) groups is 1. The fourth-order valence-corrected chi connectivity index (χ4v) is 0.643. The van der Waals surface area contributed by atoms with E-state index in [1.807, 2.05) is 0 Å². The van der Waals surface area contributed by atoms with Gasteiger partial charge < -0.3 is 32.2 Å². The minimum Gasteiger partial charge on any atom is -0.550 e. The summed E-state index contributed by atoms with van der Waals surface area (Å²) in [7, 11) is 0. The maximum Gasteiger partial charge on any atom is 1.00 e. The number of carboxylic acids is 2. The summed E-state index contributed by atoms with van der Waals surface area (Å²) in [6.07, 6.45) is 0.956. The SMILES string of the molecule is CC(=O)[O-].NC(N)=NCCC[C@H](N)C(=O)O.[Na+]. The number of rotatable bonds is 5. The van der Waals surface area contributed by atoms with Crippen molar-refractivity contribution in [1.82, 2.24) is 0 Å². The van der Waals surface area contributed by atoms with Gasteiger partial charge in [0.25, 0.3) is 0 Å². The second-order valence-electron chi connectivity index (χ2n) is 2.89. The average molecular weight is 256 g/mol. The van der Waals surface area contributed by atoms with Crippen LogP contribution in [0.5, 0.6) is 0 Å². The average Bonchev–Trinajstić information content (AvgIpc) is 2.10. The largest absolute Gasteiger partial charge is 1.00 e. The number of aliphatic carboxylic acids is 2. The third-order valence-corrected chi connectivity index (χ3v) is 1.28. The van der Waals surface area contributed by atoms with Gasteiger partial charge in [-0.1, -0.05) is 0 Å². The monoisotopic (exact) mass is 256 g/mol. The molecule has 0 unspecified atom stereocenters. The van der Waals surface area contributed by atoms with Crippen molar-refractivity contribution in [2.45, 2.75) is 25.8 Å². The van der Waals surface area contributed by atoms with Crippen molar-refractivity contribution in [3.05, 3.63) is 0 Å². The summed E-state index contributed by atoms with van der Waals surface area (Å²) in [6, 6.07) is -0.820. The maximum atomic E-state index is 10.2. The van der Waals surface area contributed by atoms with Crippen molar-refractivity contribution in [2.24, 2.45) is 22.2 Å². The van der Waals surface area contributed by atoms with Crippen molar-refractivity contribution >= 4 is 17.9 Å². The molecule has 0 heterocycles. The number of nitrogens with zero attached hydrogens (tertiary/aromatic N) is 1. The Kier molecular flexibility index (Phi) is 16.7. The molecule has 0 amide bonds. The van der Waals surface area contributed by atoms with Crippen molar-refractivity contribution in [3.8, 4) is 0 Å². The summed E-state index contributed by atoms with van der Waals surface area (Å²) in [6.45, 7) is 1.39. The van der Waals surface area contributed by atoms with Crippen LogP contribution in [0.4, 0.5) is 0 Å². The van der Waals surface area contributed by atoms with Crippen molar-refractivity contribution in [3.63, 3.8) is 0 Å². The topological polar surface area (TPSA) is 168 Å². The summed E-state index contributed by atoms with van der Waals surface area (Å²) >= 11 is 0. The van der Waals surface area contributed by atoms with Crippen molar-refractivity contribution in [1.29, 1.82) is 0 Å². The van der Waals surface area contributed by atoms with E-state index in [9.17, 15) is 4.79 Å². The van der Waals surface area contributed by atoms with Gasteiger partial charge in [0.15, 0.2) is 5.96 Å². The molecule has 0 aliphatic carbocycles. The third-order valence-electron chi connectivity index (χ3n) is 1.28. The van der Waals surface area contributed by atoms with Gasteiger partial charge in [0, 0.05) is 12.5 Å². The van der Waals surface area contributed by atoms with E-state index in [0.29, 0.717) is 19.4 Å². The summed E-state index contributed by atoms with van der Waals surface area (Å²) in [4.78, 5) is 22.8. The van der Waals surface area contributed by atoms with Crippen LogP contribution in [-0.2, 0) is 9.59 Å². The van der Waals surface area contributed by atoms with Crippen molar-refractivity contribution in [2.75, 3.05) is 6.54 Å².